The van der Waals surface area contributed by atoms with Crippen LogP contribution in [0.3, 0.4) is 0 Å². The Morgan fingerprint density at radius 3 is 2.69 bits per heavy atom. The number of hydrogen-bond acceptors (Lipinski definition) is 3. The highest BCUT2D eigenvalue weighted by Gasteiger charge is 2.20. The predicted octanol–water partition coefficient (Wildman–Crippen LogP) is 3.61. The summed E-state index contributed by atoms with van der Waals surface area (Å²) in [6.45, 7) is 3.76. The molecule has 0 amide bonds. The van der Waals surface area contributed by atoms with Gasteiger partial charge in [0.15, 0.2) is 5.78 Å². The highest BCUT2D eigenvalue weighted by molar-refractivity contribution is 7.99. The molecule has 16 heavy (non-hydrogen) atoms. The number of rotatable bonds is 3. The van der Waals surface area contributed by atoms with Gasteiger partial charge in [0.2, 0.25) is 0 Å². The molecule has 0 aliphatic carbocycles. The number of aryl methyl sites for hydroxylation is 2. The van der Waals surface area contributed by atoms with Gasteiger partial charge in [0, 0.05) is 6.42 Å². The molecule has 1 aliphatic heterocycles. The Labute approximate surface area is 101 Å². The van der Waals surface area contributed by atoms with Gasteiger partial charge in [-0.2, -0.15) is 11.8 Å². The third-order valence-electron chi connectivity index (χ3n) is 3.16. The fourth-order valence-corrected chi connectivity index (χ4v) is 3.43. The summed E-state index contributed by atoms with van der Waals surface area (Å²) in [5.74, 6) is 4.87. The number of carbonyl (C=O) groups excluding carboxylic acids is 1. The van der Waals surface area contributed by atoms with Gasteiger partial charge in [0.1, 0.15) is 11.5 Å². The summed E-state index contributed by atoms with van der Waals surface area (Å²) in [7, 11) is 0. The minimum Gasteiger partial charge on any atom is -0.466 e. The molecule has 0 bridgehead atoms. The lowest BCUT2D eigenvalue weighted by molar-refractivity contribution is 0.0957. The molecule has 0 atom stereocenters. The van der Waals surface area contributed by atoms with Crippen molar-refractivity contribution in [1.29, 1.82) is 0 Å². The second kappa shape index (κ2) is 5.09. The molecule has 2 nitrogen and oxygen atoms in total. The molecule has 0 aromatic carbocycles. The molecule has 3 heteroatoms. The first-order valence-corrected chi connectivity index (χ1v) is 7.00. The zero-order valence-corrected chi connectivity index (χ0v) is 10.7. The second-order valence-electron chi connectivity index (χ2n) is 4.51. The quantitative estimate of drug-likeness (QED) is 0.753. The molecule has 0 spiro atoms. The van der Waals surface area contributed by atoms with Crippen molar-refractivity contribution in [3.05, 3.63) is 23.2 Å². The third-order valence-corrected chi connectivity index (χ3v) is 4.21. The average Bonchev–Trinajstić information content (AvgIpc) is 2.59. The van der Waals surface area contributed by atoms with Gasteiger partial charge in [-0.25, -0.2) is 0 Å². The van der Waals surface area contributed by atoms with E-state index in [1.807, 2.05) is 31.7 Å². The highest BCUT2D eigenvalue weighted by atomic mass is 32.2. The van der Waals surface area contributed by atoms with Crippen molar-refractivity contribution in [3.8, 4) is 0 Å². The first kappa shape index (κ1) is 11.8. The average molecular weight is 238 g/mol. The summed E-state index contributed by atoms with van der Waals surface area (Å²) in [6, 6.07) is 1.87. The Morgan fingerprint density at radius 1 is 1.44 bits per heavy atom. The Kier molecular flexibility index (Phi) is 3.74. The lowest BCUT2D eigenvalue weighted by Gasteiger charge is -2.20. The Hall–Kier alpha value is -0.700. The van der Waals surface area contributed by atoms with Gasteiger partial charge < -0.3 is 4.42 Å². The van der Waals surface area contributed by atoms with E-state index in [2.05, 4.69) is 0 Å². The van der Waals surface area contributed by atoms with E-state index in [1.165, 1.54) is 24.3 Å². The number of carbonyl (C=O) groups is 1. The molecular formula is C13H18O2S. The Balaban J connectivity index is 1.99. The normalized spacial score (nSPS) is 17.6. The van der Waals surface area contributed by atoms with E-state index in [1.54, 1.807) is 0 Å². The predicted molar refractivity (Wildman–Crippen MR) is 67.2 cm³/mol. The van der Waals surface area contributed by atoms with Gasteiger partial charge in [-0.05, 0) is 50.2 Å². The van der Waals surface area contributed by atoms with Crippen LogP contribution in [0.1, 0.15) is 41.1 Å². The largest absolute Gasteiger partial charge is 0.466 e. The van der Waals surface area contributed by atoms with Crippen molar-refractivity contribution in [3.63, 3.8) is 0 Å². The molecule has 2 rings (SSSR count). The van der Waals surface area contributed by atoms with E-state index < -0.39 is 0 Å². The van der Waals surface area contributed by atoms with Crippen LogP contribution in [-0.4, -0.2) is 17.3 Å². The molecule has 88 valence electrons. The van der Waals surface area contributed by atoms with Crippen molar-refractivity contribution in [2.24, 2.45) is 5.92 Å². The van der Waals surface area contributed by atoms with E-state index in [4.69, 9.17) is 4.42 Å². The van der Waals surface area contributed by atoms with Crippen LogP contribution in [-0.2, 0) is 0 Å². The summed E-state index contributed by atoms with van der Waals surface area (Å²) in [6.07, 6.45) is 3.07. The Morgan fingerprint density at radius 2 is 2.12 bits per heavy atom. The van der Waals surface area contributed by atoms with Crippen LogP contribution in [0.25, 0.3) is 0 Å². The Bertz CT molecular complexity index is 375. The minimum atomic E-state index is 0.256. The maximum absolute atomic E-state index is 12.1. The van der Waals surface area contributed by atoms with Gasteiger partial charge >= 0.3 is 0 Å². The van der Waals surface area contributed by atoms with Gasteiger partial charge in [-0.3, -0.25) is 4.79 Å². The molecule has 0 saturated carbocycles. The summed E-state index contributed by atoms with van der Waals surface area (Å²) >= 11 is 2.00. The first-order valence-electron chi connectivity index (χ1n) is 5.85. The number of ketones is 1. The lowest BCUT2D eigenvalue weighted by atomic mass is 9.93. The van der Waals surface area contributed by atoms with Gasteiger partial charge in [-0.15, -0.1) is 0 Å². The number of hydrogen-bond donors (Lipinski definition) is 0. The van der Waals surface area contributed by atoms with E-state index in [9.17, 15) is 4.79 Å². The van der Waals surface area contributed by atoms with E-state index in [0.717, 1.165) is 17.1 Å². The van der Waals surface area contributed by atoms with Crippen molar-refractivity contribution < 1.29 is 9.21 Å². The number of furan rings is 1. The molecule has 1 fully saturated rings. The molecule has 2 heterocycles. The van der Waals surface area contributed by atoms with E-state index >= 15 is 0 Å². The van der Waals surface area contributed by atoms with Crippen LogP contribution in [0.5, 0.6) is 0 Å². The SMILES string of the molecule is Cc1cc(C(=O)CC2CCSCC2)c(C)o1. The topological polar surface area (TPSA) is 30.2 Å². The van der Waals surface area contributed by atoms with Crippen LogP contribution in [0.15, 0.2) is 10.5 Å². The van der Waals surface area contributed by atoms with Gasteiger partial charge in [-0.1, -0.05) is 0 Å². The summed E-state index contributed by atoms with van der Waals surface area (Å²) < 4.78 is 5.40. The fraction of sp³-hybridized carbons (Fsp3) is 0.615. The standard InChI is InChI=1S/C13H18O2S/c1-9-7-12(10(2)15-9)13(14)8-11-3-5-16-6-4-11/h7,11H,3-6,8H2,1-2H3. The van der Waals surface area contributed by atoms with Crippen LogP contribution in [0.2, 0.25) is 0 Å². The van der Waals surface area contributed by atoms with Crippen molar-refractivity contribution in [1.82, 2.24) is 0 Å². The van der Waals surface area contributed by atoms with Crippen molar-refractivity contribution in [2.75, 3.05) is 11.5 Å². The van der Waals surface area contributed by atoms with Crippen molar-refractivity contribution in [2.45, 2.75) is 33.1 Å². The second-order valence-corrected chi connectivity index (χ2v) is 5.73. The van der Waals surface area contributed by atoms with Crippen LogP contribution < -0.4 is 0 Å². The van der Waals surface area contributed by atoms with Crippen LogP contribution >= 0.6 is 11.8 Å². The van der Waals surface area contributed by atoms with Crippen LogP contribution in [0.4, 0.5) is 0 Å². The minimum absolute atomic E-state index is 0.256. The van der Waals surface area contributed by atoms with Gasteiger partial charge in [0.25, 0.3) is 0 Å². The molecule has 1 saturated heterocycles. The summed E-state index contributed by atoms with van der Waals surface area (Å²) in [4.78, 5) is 12.1. The maximum Gasteiger partial charge on any atom is 0.166 e. The molecule has 0 N–H and O–H groups in total. The zero-order chi connectivity index (χ0) is 11.5. The third kappa shape index (κ3) is 2.70. The molecule has 1 aliphatic rings. The highest BCUT2D eigenvalue weighted by Crippen LogP contribution is 2.27. The maximum atomic E-state index is 12.1. The molecule has 0 radical (unpaired) electrons. The smallest absolute Gasteiger partial charge is 0.166 e. The molecule has 1 aromatic heterocycles. The summed E-state index contributed by atoms with van der Waals surface area (Å²) in [5, 5.41) is 0. The van der Waals surface area contributed by atoms with Crippen molar-refractivity contribution >= 4 is 17.5 Å². The molecule has 1 aromatic rings. The zero-order valence-electron chi connectivity index (χ0n) is 9.91. The summed E-state index contributed by atoms with van der Waals surface area (Å²) in [5.41, 5.74) is 0.788. The van der Waals surface area contributed by atoms with Crippen LogP contribution in [0, 0.1) is 19.8 Å². The van der Waals surface area contributed by atoms with E-state index in [0.29, 0.717) is 12.3 Å². The first-order chi connectivity index (χ1) is 7.66. The molecular weight excluding hydrogens is 220 g/mol. The number of thioether (sulfide) groups is 1. The lowest BCUT2D eigenvalue weighted by Crippen LogP contribution is -2.14. The van der Waals surface area contributed by atoms with E-state index in [-0.39, 0.29) is 5.78 Å². The monoisotopic (exact) mass is 238 g/mol. The fourth-order valence-electron chi connectivity index (χ4n) is 2.23. The molecule has 0 unspecified atom stereocenters. The number of Topliss-reactive ketones (excluding diaryl/α,β-unsaturated/α-hetero) is 1. The van der Waals surface area contributed by atoms with Gasteiger partial charge in [0.05, 0.1) is 5.56 Å².